The van der Waals surface area contributed by atoms with Gasteiger partial charge in [0.1, 0.15) is 17.8 Å². The Labute approximate surface area is 159 Å². The highest BCUT2D eigenvalue weighted by Crippen LogP contribution is 2.34. The quantitative estimate of drug-likeness (QED) is 0.823. The summed E-state index contributed by atoms with van der Waals surface area (Å²) in [5.74, 6) is 1.22. The number of phenolic OH excluding ortho intramolecular Hbond substituents is 1. The minimum Gasteiger partial charge on any atom is -0.506 e. The van der Waals surface area contributed by atoms with Crippen molar-refractivity contribution in [3.8, 4) is 5.75 Å². The van der Waals surface area contributed by atoms with Crippen LogP contribution < -0.4 is 5.43 Å². The van der Waals surface area contributed by atoms with E-state index in [9.17, 15) is 13.9 Å². The minimum atomic E-state index is -0.867. The van der Waals surface area contributed by atoms with Gasteiger partial charge in [0, 0.05) is 36.6 Å². The average Bonchev–Trinajstić information content (AvgIpc) is 2.97. The molecule has 27 heavy (non-hydrogen) atoms. The van der Waals surface area contributed by atoms with Crippen LogP contribution in [0.1, 0.15) is 12.0 Å². The molecule has 2 aliphatic heterocycles. The van der Waals surface area contributed by atoms with Crippen LogP contribution in [0.5, 0.6) is 5.75 Å². The van der Waals surface area contributed by atoms with Crippen LogP contribution in [0.2, 0.25) is 0 Å². The van der Waals surface area contributed by atoms with E-state index in [0.29, 0.717) is 53.4 Å². The number of hydrogen-bond acceptors (Lipinski definition) is 6. The largest absolute Gasteiger partial charge is 0.506 e. The zero-order valence-corrected chi connectivity index (χ0v) is 15.9. The Morgan fingerprint density at radius 1 is 1.33 bits per heavy atom. The Morgan fingerprint density at radius 2 is 2.15 bits per heavy atom. The highest BCUT2D eigenvalue weighted by Gasteiger charge is 2.27. The Kier molecular flexibility index (Phi) is 4.73. The smallest absolute Gasteiger partial charge is 0.177 e. The maximum Gasteiger partial charge on any atom is 0.177 e. The van der Waals surface area contributed by atoms with Gasteiger partial charge in [-0.2, -0.15) is 9.49 Å². The number of nitrogens with zero attached hydrogens (tertiary/aromatic N) is 4. The molecule has 144 valence electrons. The van der Waals surface area contributed by atoms with Gasteiger partial charge in [-0.25, -0.2) is 4.39 Å². The Morgan fingerprint density at radius 3 is 2.89 bits per heavy atom. The molecule has 0 unspecified atom stereocenters. The third-order valence-corrected chi connectivity index (χ3v) is 5.71. The summed E-state index contributed by atoms with van der Waals surface area (Å²) in [6, 6.07) is 4.73. The molecule has 0 aliphatic carbocycles. The summed E-state index contributed by atoms with van der Waals surface area (Å²) in [5, 5.41) is 15.0. The number of fused-ring (bicyclic) bond motifs is 1. The van der Waals surface area contributed by atoms with Crippen molar-refractivity contribution >= 4 is 33.1 Å². The number of phenols is 1. The highest BCUT2D eigenvalue weighted by molar-refractivity contribution is 7.17. The zero-order valence-electron chi connectivity index (χ0n) is 15.1. The first-order valence-electron chi connectivity index (χ1n) is 8.76. The van der Waals surface area contributed by atoms with Crippen LogP contribution in [0.15, 0.2) is 28.3 Å². The van der Waals surface area contributed by atoms with Crippen LogP contribution in [0.3, 0.4) is 0 Å². The predicted molar refractivity (Wildman–Crippen MR) is 104 cm³/mol. The van der Waals surface area contributed by atoms with E-state index in [1.807, 2.05) is 23.9 Å². The number of piperidine rings is 1. The number of hydrazone groups is 1. The van der Waals surface area contributed by atoms with Crippen LogP contribution in [-0.2, 0) is 0 Å². The van der Waals surface area contributed by atoms with E-state index in [1.165, 1.54) is 6.07 Å². The molecule has 4 rings (SSSR count). The normalized spacial score (nSPS) is 25.7. The van der Waals surface area contributed by atoms with E-state index >= 15 is 0 Å². The van der Waals surface area contributed by atoms with Gasteiger partial charge in [0.25, 0.3) is 0 Å². The van der Waals surface area contributed by atoms with Crippen LogP contribution >= 0.6 is 11.3 Å². The van der Waals surface area contributed by atoms with Crippen LogP contribution in [0, 0.1) is 5.13 Å². The lowest BCUT2D eigenvalue weighted by Gasteiger charge is -2.32. The molecule has 2 N–H and O–H groups in total. The summed E-state index contributed by atoms with van der Waals surface area (Å²) >= 11 is 0.993. The number of amidine groups is 2. The van der Waals surface area contributed by atoms with Crippen LogP contribution in [0.4, 0.5) is 8.78 Å². The zero-order chi connectivity index (χ0) is 19.1. The molecular weight excluding hydrogens is 372 g/mol. The Hall–Kier alpha value is -2.26. The van der Waals surface area contributed by atoms with E-state index in [4.69, 9.17) is 0 Å². The molecule has 0 amide bonds. The van der Waals surface area contributed by atoms with E-state index < -0.39 is 6.17 Å². The first-order valence-corrected chi connectivity index (χ1v) is 9.58. The third-order valence-electron chi connectivity index (χ3n) is 4.82. The van der Waals surface area contributed by atoms with Gasteiger partial charge in [0.15, 0.2) is 11.0 Å². The fourth-order valence-electron chi connectivity index (χ4n) is 3.65. The number of likely N-dealkylation sites (N-methyl/N-ethyl adjacent to an activating group) is 2. The van der Waals surface area contributed by atoms with Gasteiger partial charge < -0.3 is 14.9 Å². The van der Waals surface area contributed by atoms with Crippen molar-refractivity contribution in [3.05, 3.63) is 28.9 Å². The molecule has 1 aromatic carbocycles. The molecule has 0 bridgehead atoms. The van der Waals surface area contributed by atoms with Crippen molar-refractivity contribution in [2.45, 2.75) is 18.6 Å². The molecule has 2 aliphatic rings. The maximum absolute atomic E-state index is 13.7. The van der Waals surface area contributed by atoms with E-state index in [-0.39, 0.29) is 16.9 Å². The molecule has 0 radical (unpaired) electrons. The number of benzene rings is 1. The molecule has 9 heteroatoms. The fourth-order valence-corrected chi connectivity index (χ4v) is 4.44. The predicted octanol–water partition coefficient (Wildman–Crippen LogP) is 2.38. The van der Waals surface area contributed by atoms with Gasteiger partial charge in [-0.3, -0.25) is 10.4 Å². The van der Waals surface area contributed by atoms with Gasteiger partial charge >= 0.3 is 0 Å². The summed E-state index contributed by atoms with van der Waals surface area (Å²) in [5.41, 5.74) is 3.45. The summed E-state index contributed by atoms with van der Waals surface area (Å²) in [6.45, 7) is 1.63. The van der Waals surface area contributed by atoms with Gasteiger partial charge in [-0.1, -0.05) is 0 Å². The molecule has 1 saturated heterocycles. The number of aromatic hydroxyl groups is 1. The van der Waals surface area contributed by atoms with Gasteiger partial charge in [0.05, 0.1) is 18.2 Å². The summed E-state index contributed by atoms with van der Waals surface area (Å²) in [6.07, 6.45) is -0.454. The number of halogens is 2. The first-order chi connectivity index (χ1) is 12.9. The lowest BCUT2D eigenvalue weighted by atomic mass is 10.1. The highest BCUT2D eigenvalue weighted by atomic mass is 32.1. The molecule has 3 heterocycles. The monoisotopic (exact) mass is 393 g/mol. The molecule has 1 aromatic heterocycles. The number of likely N-dealkylation sites (tertiary alicyclic amines) is 1. The standard InChI is InChI=1S/C18H21F2N5OS/c1-24-7-10(19)5-11(8-24)21-16-9-25(2)18(23-22-16)12-3-4-14-13(17(12)26)6-15(20)27-14/h3-4,6,10-11,26H,5,7-9H2,1-2H3,(H,21,22)/t10-,11-/m1/s1. The van der Waals surface area contributed by atoms with Crippen molar-refractivity contribution in [1.82, 2.24) is 15.2 Å². The molecular formula is C18H21F2N5OS. The summed E-state index contributed by atoms with van der Waals surface area (Å²) < 4.78 is 27.9. The third kappa shape index (κ3) is 3.61. The van der Waals surface area contributed by atoms with Crippen molar-refractivity contribution in [1.29, 1.82) is 0 Å². The lowest BCUT2D eigenvalue weighted by molar-refractivity contribution is 0.147. The molecule has 2 atom stereocenters. The van der Waals surface area contributed by atoms with Crippen molar-refractivity contribution in [2.75, 3.05) is 33.7 Å². The molecule has 6 nitrogen and oxygen atoms in total. The van der Waals surface area contributed by atoms with Crippen LogP contribution in [0.25, 0.3) is 10.1 Å². The topological polar surface area (TPSA) is 63.5 Å². The van der Waals surface area contributed by atoms with Gasteiger partial charge in [-0.05, 0) is 25.2 Å². The second kappa shape index (κ2) is 7.05. The summed E-state index contributed by atoms with van der Waals surface area (Å²) in [4.78, 5) is 8.42. The van der Waals surface area contributed by atoms with E-state index in [2.05, 4.69) is 15.5 Å². The minimum absolute atomic E-state index is 0.00890. The lowest BCUT2D eigenvalue weighted by Crippen LogP contribution is -2.46. The second-order valence-electron chi connectivity index (χ2n) is 7.11. The number of alkyl halides is 1. The summed E-state index contributed by atoms with van der Waals surface area (Å²) in [7, 11) is 3.74. The average molecular weight is 393 g/mol. The van der Waals surface area contributed by atoms with Crippen LogP contribution in [-0.4, -0.2) is 72.5 Å². The van der Waals surface area contributed by atoms with E-state index in [0.717, 1.165) is 11.3 Å². The molecule has 2 aromatic rings. The number of aliphatic imine (C=N–C) groups is 1. The van der Waals surface area contributed by atoms with Gasteiger partial charge in [-0.15, -0.1) is 11.3 Å². The fraction of sp³-hybridized carbons (Fsp3) is 0.444. The molecule has 1 fully saturated rings. The number of rotatable bonds is 2. The number of nitrogens with one attached hydrogen (secondary N) is 1. The Balaban J connectivity index is 1.58. The molecule has 0 saturated carbocycles. The van der Waals surface area contributed by atoms with Gasteiger partial charge in [0.2, 0.25) is 0 Å². The van der Waals surface area contributed by atoms with Crippen molar-refractivity contribution in [3.63, 3.8) is 0 Å². The SMILES string of the molecule is CN1C[C@H](F)C[C@@H](N=C2CN(C)C(c3ccc4sc(F)cc4c3O)=NN2)C1. The first kappa shape index (κ1) is 18.1. The maximum atomic E-state index is 13.7. The van der Waals surface area contributed by atoms with Crippen molar-refractivity contribution in [2.24, 2.45) is 10.1 Å². The number of thiophene rings is 1. The van der Waals surface area contributed by atoms with Crippen molar-refractivity contribution < 1.29 is 13.9 Å². The van der Waals surface area contributed by atoms with E-state index in [1.54, 1.807) is 12.1 Å². The number of hydrogen-bond donors (Lipinski definition) is 2. The molecule has 0 spiro atoms. The second-order valence-corrected chi connectivity index (χ2v) is 8.15. The Bertz CT molecular complexity index is 918.